The lowest BCUT2D eigenvalue weighted by molar-refractivity contribution is -0.138. The van der Waals surface area contributed by atoms with Crippen LogP contribution in [0.2, 0.25) is 0 Å². The summed E-state index contributed by atoms with van der Waals surface area (Å²) in [5.41, 5.74) is 5.74. The number of nitrogens with zero attached hydrogens (tertiary/aromatic N) is 2. The molecule has 0 spiro atoms. The molecular weight excluding hydrogens is 270 g/mol. The fourth-order valence-corrected chi connectivity index (χ4v) is 2.87. The predicted octanol–water partition coefficient (Wildman–Crippen LogP) is 1.51. The molecule has 0 bridgehead atoms. The molecule has 2 heterocycles. The molecular formula is C15H21N3O3. The molecule has 2 rings (SSSR count). The predicted molar refractivity (Wildman–Crippen MR) is 79.1 cm³/mol. The Morgan fingerprint density at radius 3 is 3.00 bits per heavy atom. The van der Waals surface area contributed by atoms with Crippen molar-refractivity contribution >= 4 is 17.7 Å². The van der Waals surface area contributed by atoms with Crippen molar-refractivity contribution in [2.45, 2.75) is 26.2 Å². The second kappa shape index (κ2) is 6.56. The highest BCUT2D eigenvalue weighted by Gasteiger charge is 2.26. The van der Waals surface area contributed by atoms with Crippen LogP contribution in [0.1, 0.15) is 36.5 Å². The van der Waals surface area contributed by atoms with Crippen LogP contribution in [-0.2, 0) is 4.79 Å². The highest BCUT2D eigenvalue weighted by molar-refractivity contribution is 5.93. The number of aliphatic carboxylic acids is 1. The SMILES string of the molecule is CC(CC(=O)O)C1CCCN(c2cc(C(N)=O)ccn2)C1. The minimum absolute atomic E-state index is 0.129. The molecule has 21 heavy (non-hydrogen) atoms. The molecule has 2 unspecified atom stereocenters. The quantitative estimate of drug-likeness (QED) is 0.857. The first kappa shape index (κ1) is 15.3. The van der Waals surface area contributed by atoms with E-state index in [1.54, 1.807) is 18.3 Å². The van der Waals surface area contributed by atoms with Gasteiger partial charge in [0.2, 0.25) is 5.91 Å². The van der Waals surface area contributed by atoms with Gasteiger partial charge in [-0.25, -0.2) is 4.98 Å². The Morgan fingerprint density at radius 2 is 2.33 bits per heavy atom. The molecule has 1 aliphatic rings. The van der Waals surface area contributed by atoms with Crippen molar-refractivity contribution in [2.24, 2.45) is 17.6 Å². The summed E-state index contributed by atoms with van der Waals surface area (Å²) in [6.45, 7) is 3.62. The zero-order valence-electron chi connectivity index (χ0n) is 12.2. The number of carboxylic acid groups (broad SMARTS) is 1. The van der Waals surface area contributed by atoms with Crippen LogP contribution >= 0.6 is 0 Å². The van der Waals surface area contributed by atoms with Gasteiger partial charge in [0.25, 0.3) is 0 Å². The maximum atomic E-state index is 11.2. The molecule has 2 atom stereocenters. The summed E-state index contributed by atoms with van der Waals surface area (Å²) in [7, 11) is 0. The van der Waals surface area contributed by atoms with Crippen LogP contribution in [-0.4, -0.2) is 35.1 Å². The highest BCUT2D eigenvalue weighted by atomic mass is 16.4. The highest BCUT2D eigenvalue weighted by Crippen LogP contribution is 2.28. The zero-order chi connectivity index (χ0) is 15.4. The van der Waals surface area contributed by atoms with Crippen LogP contribution in [0, 0.1) is 11.8 Å². The number of carboxylic acids is 1. The van der Waals surface area contributed by atoms with Gasteiger partial charge in [-0.15, -0.1) is 0 Å². The number of pyridine rings is 1. The summed E-state index contributed by atoms with van der Waals surface area (Å²) in [4.78, 5) is 28.5. The number of anilines is 1. The first-order chi connectivity index (χ1) is 9.97. The molecule has 6 nitrogen and oxygen atoms in total. The molecule has 6 heteroatoms. The summed E-state index contributed by atoms with van der Waals surface area (Å²) >= 11 is 0. The second-order valence-electron chi connectivity index (χ2n) is 5.69. The summed E-state index contributed by atoms with van der Waals surface area (Å²) in [6.07, 6.45) is 3.80. The molecule has 0 aromatic carbocycles. The van der Waals surface area contributed by atoms with Crippen molar-refractivity contribution in [3.63, 3.8) is 0 Å². The first-order valence-electron chi connectivity index (χ1n) is 7.20. The third kappa shape index (κ3) is 3.93. The number of piperidine rings is 1. The minimum Gasteiger partial charge on any atom is -0.481 e. The van der Waals surface area contributed by atoms with Crippen LogP contribution in [0.15, 0.2) is 18.3 Å². The van der Waals surface area contributed by atoms with E-state index in [0.717, 1.165) is 31.7 Å². The molecule has 0 saturated carbocycles. The largest absolute Gasteiger partial charge is 0.481 e. The van der Waals surface area contributed by atoms with E-state index in [4.69, 9.17) is 10.8 Å². The number of carbonyl (C=O) groups excluding carboxylic acids is 1. The van der Waals surface area contributed by atoms with Gasteiger partial charge in [-0.2, -0.15) is 0 Å². The van der Waals surface area contributed by atoms with E-state index >= 15 is 0 Å². The third-order valence-electron chi connectivity index (χ3n) is 4.11. The van der Waals surface area contributed by atoms with Gasteiger partial charge >= 0.3 is 5.97 Å². The maximum absolute atomic E-state index is 11.2. The normalized spacial score (nSPS) is 20.0. The Kier molecular flexibility index (Phi) is 4.77. The fourth-order valence-electron chi connectivity index (χ4n) is 2.87. The molecule has 1 amide bonds. The summed E-state index contributed by atoms with van der Waals surface area (Å²) in [5, 5.41) is 8.92. The maximum Gasteiger partial charge on any atom is 0.303 e. The number of hydrogen-bond acceptors (Lipinski definition) is 4. The van der Waals surface area contributed by atoms with Gasteiger partial charge in [0.1, 0.15) is 5.82 Å². The summed E-state index contributed by atoms with van der Waals surface area (Å²) in [6, 6.07) is 3.30. The Bertz CT molecular complexity index is 533. The van der Waals surface area contributed by atoms with Crippen LogP contribution in [0.5, 0.6) is 0 Å². The lowest BCUT2D eigenvalue weighted by atomic mass is 9.84. The second-order valence-corrected chi connectivity index (χ2v) is 5.69. The third-order valence-corrected chi connectivity index (χ3v) is 4.11. The average molecular weight is 291 g/mol. The van der Waals surface area contributed by atoms with Crippen molar-refractivity contribution in [1.82, 2.24) is 4.98 Å². The number of hydrogen-bond donors (Lipinski definition) is 2. The zero-order valence-corrected chi connectivity index (χ0v) is 12.2. The fraction of sp³-hybridized carbons (Fsp3) is 0.533. The van der Waals surface area contributed by atoms with Crippen LogP contribution in [0.25, 0.3) is 0 Å². The van der Waals surface area contributed by atoms with Crippen LogP contribution < -0.4 is 10.6 Å². The topological polar surface area (TPSA) is 96.5 Å². The van der Waals surface area contributed by atoms with Gasteiger partial charge in [0, 0.05) is 31.3 Å². The van der Waals surface area contributed by atoms with Crippen molar-refractivity contribution in [2.75, 3.05) is 18.0 Å². The van der Waals surface area contributed by atoms with Crippen LogP contribution in [0.4, 0.5) is 5.82 Å². The number of amides is 1. The molecule has 0 radical (unpaired) electrons. The Hall–Kier alpha value is -2.11. The van der Waals surface area contributed by atoms with Crippen LogP contribution in [0.3, 0.4) is 0 Å². The van der Waals surface area contributed by atoms with E-state index in [-0.39, 0.29) is 12.3 Å². The average Bonchev–Trinajstić information content (AvgIpc) is 2.47. The van der Waals surface area contributed by atoms with Crippen molar-refractivity contribution in [3.8, 4) is 0 Å². The lowest BCUT2D eigenvalue weighted by Crippen LogP contribution is -2.39. The summed E-state index contributed by atoms with van der Waals surface area (Å²) in [5.74, 6) is -0.0306. The molecule has 0 aliphatic carbocycles. The smallest absolute Gasteiger partial charge is 0.303 e. The number of nitrogens with two attached hydrogens (primary N) is 1. The van der Waals surface area contributed by atoms with Gasteiger partial charge in [0.15, 0.2) is 0 Å². The molecule has 1 saturated heterocycles. The number of rotatable bonds is 5. The van der Waals surface area contributed by atoms with Crippen molar-refractivity contribution in [1.29, 1.82) is 0 Å². The molecule has 114 valence electrons. The van der Waals surface area contributed by atoms with Crippen molar-refractivity contribution < 1.29 is 14.7 Å². The first-order valence-corrected chi connectivity index (χ1v) is 7.20. The number of aromatic nitrogens is 1. The Balaban J connectivity index is 2.08. The Labute approximate surface area is 124 Å². The molecule has 1 aromatic rings. The van der Waals surface area contributed by atoms with E-state index in [2.05, 4.69) is 9.88 Å². The standard InChI is InChI=1S/C15H21N3O3/c1-10(7-14(19)20)12-3-2-6-18(9-12)13-8-11(15(16)21)4-5-17-13/h4-5,8,10,12H,2-3,6-7,9H2,1H3,(H2,16,21)(H,19,20). The van der Waals surface area contributed by atoms with E-state index < -0.39 is 11.9 Å². The van der Waals surface area contributed by atoms with Gasteiger partial charge in [0.05, 0.1) is 0 Å². The lowest BCUT2D eigenvalue weighted by Gasteiger charge is -2.36. The molecule has 1 fully saturated rings. The van der Waals surface area contributed by atoms with Gasteiger partial charge in [-0.1, -0.05) is 6.92 Å². The Morgan fingerprint density at radius 1 is 1.57 bits per heavy atom. The van der Waals surface area contributed by atoms with E-state index in [0.29, 0.717) is 11.5 Å². The minimum atomic E-state index is -0.756. The molecule has 1 aliphatic heterocycles. The molecule has 1 aromatic heterocycles. The monoisotopic (exact) mass is 291 g/mol. The van der Waals surface area contributed by atoms with Gasteiger partial charge < -0.3 is 15.7 Å². The van der Waals surface area contributed by atoms with E-state index in [1.807, 2.05) is 6.92 Å². The van der Waals surface area contributed by atoms with Gasteiger partial charge in [-0.3, -0.25) is 9.59 Å². The number of carbonyl (C=O) groups is 2. The molecule has 3 N–H and O–H groups in total. The van der Waals surface area contributed by atoms with Gasteiger partial charge in [-0.05, 0) is 36.8 Å². The van der Waals surface area contributed by atoms with E-state index in [1.165, 1.54) is 0 Å². The number of primary amides is 1. The summed E-state index contributed by atoms with van der Waals surface area (Å²) < 4.78 is 0. The van der Waals surface area contributed by atoms with E-state index in [9.17, 15) is 9.59 Å². The van der Waals surface area contributed by atoms with Crippen molar-refractivity contribution in [3.05, 3.63) is 23.9 Å².